The number of rotatable bonds is 8. The highest BCUT2D eigenvalue weighted by atomic mass is 79.9. The molecule has 0 bridgehead atoms. The van der Waals surface area contributed by atoms with E-state index in [1.165, 1.54) is 11.3 Å². The quantitative estimate of drug-likeness (QED) is 0.733. The molecule has 0 aliphatic carbocycles. The minimum absolute atomic E-state index is 0.265. The Kier molecular flexibility index (Phi) is 6.92. The molecule has 8 heteroatoms. The lowest BCUT2D eigenvalue weighted by Gasteiger charge is -2.12. The Morgan fingerprint density at radius 3 is 2.79 bits per heavy atom. The summed E-state index contributed by atoms with van der Waals surface area (Å²) in [6.45, 7) is 5.63. The first-order chi connectivity index (χ1) is 8.90. The van der Waals surface area contributed by atoms with Gasteiger partial charge in [0.2, 0.25) is 10.0 Å². The standard InChI is InChI=1S/C11H19BrN2O3S2/c1-4-13-6-9-5-10(11(12)18-9)19(15,16)14-8(2)7-17-3/h5,8,13-14H,4,6-7H2,1-3H3. The molecule has 5 nitrogen and oxygen atoms in total. The van der Waals surface area contributed by atoms with Crippen molar-refractivity contribution in [2.75, 3.05) is 20.3 Å². The van der Waals surface area contributed by atoms with Crippen molar-refractivity contribution in [1.82, 2.24) is 10.0 Å². The minimum atomic E-state index is -3.51. The van der Waals surface area contributed by atoms with Gasteiger partial charge in [-0.05, 0) is 35.5 Å². The molecule has 0 saturated carbocycles. The van der Waals surface area contributed by atoms with Gasteiger partial charge >= 0.3 is 0 Å². The summed E-state index contributed by atoms with van der Waals surface area (Å²) < 4.78 is 32.6. The van der Waals surface area contributed by atoms with E-state index in [4.69, 9.17) is 4.74 Å². The number of nitrogens with one attached hydrogen (secondary N) is 2. The summed E-state index contributed by atoms with van der Waals surface area (Å²) in [5.41, 5.74) is 0. The first kappa shape index (κ1) is 17.1. The molecule has 19 heavy (non-hydrogen) atoms. The van der Waals surface area contributed by atoms with E-state index in [1.807, 2.05) is 6.92 Å². The van der Waals surface area contributed by atoms with E-state index in [9.17, 15) is 8.42 Å². The number of sulfonamides is 1. The van der Waals surface area contributed by atoms with E-state index in [-0.39, 0.29) is 10.9 Å². The molecule has 2 N–H and O–H groups in total. The summed E-state index contributed by atoms with van der Waals surface area (Å²) in [6.07, 6.45) is 0. The van der Waals surface area contributed by atoms with Crippen LogP contribution in [0, 0.1) is 0 Å². The average molecular weight is 371 g/mol. The van der Waals surface area contributed by atoms with Gasteiger partial charge in [-0.2, -0.15) is 0 Å². The van der Waals surface area contributed by atoms with Gasteiger partial charge in [-0.25, -0.2) is 13.1 Å². The third-order valence-electron chi connectivity index (χ3n) is 2.32. The number of methoxy groups -OCH3 is 1. The first-order valence-electron chi connectivity index (χ1n) is 5.91. The van der Waals surface area contributed by atoms with Crippen molar-refractivity contribution in [3.05, 3.63) is 14.7 Å². The molecular weight excluding hydrogens is 352 g/mol. The highest BCUT2D eigenvalue weighted by Gasteiger charge is 2.22. The van der Waals surface area contributed by atoms with Gasteiger partial charge in [0.25, 0.3) is 0 Å². The molecule has 1 heterocycles. The second-order valence-corrected chi connectivity index (χ2v) is 8.25. The fraction of sp³-hybridized carbons (Fsp3) is 0.636. The van der Waals surface area contributed by atoms with Gasteiger partial charge in [0.05, 0.1) is 10.4 Å². The lowest BCUT2D eigenvalue weighted by atomic mass is 10.4. The fourth-order valence-electron chi connectivity index (χ4n) is 1.53. The van der Waals surface area contributed by atoms with Crippen LogP contribution < -0.4 is 10.0 Å². The van der Waals surface area contributed by atoms with Crippen LogP contribution in [-0.2, 0) is 21.3 Å². The van der Waals surface area contributed by atoms with Gasteiger partial charge in [0.1, 0.15) is 4.90 Å². The Balaban J connectivity index is 2.85. The third kappa shape index (κ3) is 5.13. The molecule has 110 valence electrons. The molecule has 0 aliphatic heterocycles. The summed E-state index contributed by atoms with van der Waals surface area (Å²) in [5.74, 6) is 0. The van der Waals surface area contributed by atoms with Crippen molar-refractivity contribution >= 4 is 37.3 Å². The molecule has 0 spiro atoms. The maximum Gasteiger partial charge on any atom is 0.242 e. The highest BCUT2D eigenvalue weighted by Crippen LogP contribution is 2.31. The predicted octanol–water partition coefficient (Wildman–Crippen LogP) is 1.93. The van der Waals surface area contributed by atoms with Gasteiger partial charge in [-0.1, -0.05) is 6.92 Å². The van der Waals surface area contributed by atoms with Gasteiger partial charge in [-0.3, -0.25) is 0 Å². The topological polar surface area (TPSA) is 67.4 Å². The van der Waals surface area contributed by atoms with Crippen molar-refractivity contribution in [1.29, 1.82) is 0 Å². The summed E-state index contributed by atoms with van der Waals surface area (Å²) in [5, 5.41) is 3.17. The van der Waals surface area contributed by atoms with E-state index in [0.717, 1.165) is 11.4 Å². The summed E-state index contributed by atoms with van der Waals surface area (Å²) in [7, 11) is -1.97. The van der Waals surface area contributed by atoms with Gasteiger partial charge < -0.3 is 10.1 Å². The van der Waals surface area contributed by atoms with Crippen LogP contribution in [0.15, 0.2) is 14.7 Å². The van der Waals surface area contributed by atoms with Crippen LogP contribution >= 0.6 is 27.3 Å². The summed E-state index contributed by atoms with van der Waals surface area (Å²) in [4.78, 5) is 1.27. The molecule has 0 saturated heterocycles. The predicted molar refractivity (Wildman–Crippen MR) is 81.1 cm³/mol. The van der Waals surface area contributed by atoms with Gasteiger partial charge in [-0.15, -0.1) is 11.3 Å². The summed E-state index contributed by atoms with van der Waals surface area (Å²) in [6, 6.07) is 1.43. The van der Waals surface area contributed by atoms with Crippen molar-refractivity contribution in [2.24, 2.45) is 0 Å². The largest absolute Gasteiger partial charge is 0.383 e. The first-order valence-corrected chi connectivity index (χ1v) is 9.00. The van der Waals surface area contributed by atoms with E-state index in [0.29, 0.717) is 16.9 Å². The monoisotopic (exact) mass is 370 g/mol. The number of hydrogen-bond acceptors (Lipinski definition) is 5. The molecule has 1 rings (SSSR count). The molecule has 0 amide bonds. The molecular formula is C11H19BrN2O3S2. The van der Waals surface area contributed by atoms with Crippen molar-refractivity contribution in [3.8, 4) is 0 Å². The second-order valence-electron chi connectivity index (χ2n) is 4.11. The van der Waals surface area contributed by atoms with E-state index in [1.54, 1.807) is 20.1 Å². The zero-order chi connectivity index (χ0) is 14.5. The molecule has 1 aromatic rings. The van der Waals surface area contributed by atoms with E-state index < -0.39 is 10.0 Å². The molecule has 1 atom stereocenters. The molecule has 1 unspecified atom stereocenters. The second kappa shape index (κ2) is 7.70. The van der Waals surface area contributed by atoms with E-state index in [2.05, 4.69) is 26.0 Å². The van der Waals surface area contributed by atoms with Gasteiger partial charge in [0, 0.05) is 24.6 Å². The van der Waals surface area contributed by atoms with Crippen LogP contribution in [0.4, 0.5) is 0 Å². The minimum Gasteiger partial charge on any atom is -0.383 e. The highest BCUT2D eigenvalue weighted by molar-refractivity contribution is 9.11. The molecule has 0 fully saturated rings. The molecule has 0 aliphatic rings. The lowest BCUT2D eigenvalue weighted by Crippen LogP contribution is -2.35. The molecule has 1 aromatic heterocycles. The Bertz CT molecular complexity index is 502. The Morgan fingerprint density at radius 2 is 2.21 bits per heavy atom. The van der Waals surface area contributed by atoms with Crippen LogP contribution in [-0.4, -0.2) is 34.7 Å². The number of thiophene rings is 1. The Morgan fingerprint density at radius 1 is 1.53 bits per heavy atom. The van der Waals surface area contributed by atoms with Crippen LogP contribution in [0.1, 0.15) is 18.7 Å². The molecule has 0 radical (unpaired) electrons. The Hall–Kier alpha value is 0.01000. The van der Waals surface area contributed by atoms with Crippen LogP contribution in [0.2, 0.25) is 0 Å². The van der Waals surface area contributed by atoms with Crippen molar-refractivity contribution in [3.63, 3.8) is 0 Å². The van der Waals surface area contributed by atoms with Crippen molar-refractivity contribution < 1.29 is 13.2 Å². The molecule has 0 aromatic carbocycles. The SMILES string of the molecule is CCNCc1cc(S(=O)(=O)NC(C)COC)c(Br)s1. The van der Waals surface area contributed by atoms with Crippen molar-refractivity contribution in [2.45, 2.75) is 31.3 Å². The lowest BCUT2D eigenvalue weighted by molar-refractivity contribution is 0.180. The number of halogens is 1. The maximum absolute atomic E-state index is 12.2. The number of ether oxygens (including phenoxy) is 1. The van der Waals surface area contributed by atoms with Crippen LogP contribution in [0.25, 0.3) is 0 Å². The normalized spacial score (nSPS) is 13.7. The van der Waals surface area contributed by atoms with E-state index >= 15 is 0 Å². The number of hydrogen-bond donors (Lipinski definition) is 2. The third-order valence-corrected chi connectivity index (χ3v) is 6.16. The Labute approximate surface area is 126 Å². The van der Waals surface area contributed by atoms with Crippen LogP contribution in [0.5, 0.6) is 0 Å². The summed E-state index contributed by atoms with van der Waals surface area (Å²) >= 11 is 4.74. The smallest absolute Gasteiger partial charge is 0.242 e. The van der Waals surface area contributed by atoms with Crippen LogP contribution in [0.3, 0.4) is 0 Å². The average Bonchev–Trinajstić information content (AvgIpc) is 2.68. The zero-order valence-electron chi connectivity index (χ0n) is 11.2. The fourth-order valence-corrected chi connectivity index (χ4v) is 5.41. The zero-order valence-corrected chi connectivity index (χ0v) is 14.4. The van der Waals surface area contributed by atoms with Gasteiger partial charge in [0.15, 0.2) is 0 Å². The maximum atomic E-state index is 12.2.